The highest BCUT2D eigenvalue weighted by atomic mass is 19.1. The Hall–Kier alpha value is -3.85. The first-order valence-corrected chi connectivity index (χ1v) is 12.8. The molecule has 2 N–H and O–H groups in total. The Bertz CT molecular complexity index is 1400. The van der Waals surface area contributed by atoms with E-state index in [9.17, 15) is 19.1 Å². The summed E-state index contributed by atoms with van der Waals surface area (Å²) in [6.45, 7) is 7.51. The molecule has 1 aromatic heterocycles. The summed E-state index contributed by atoms with van der Waals surface area (Å²) in [7, 11) is 0. The standard InChI is InChI=1S/C29H31FN4O4/c1-16(2)25(24-13-17(3)33-38-24)27(36)34-15-20(35)14-23(34)26-31-28(37)29(4,32-26)19-11-9-18(10-12-19)21-7-5-6-8-22(21)30/h5-13,16,20,23,25,35H,14-15H2,1-4H3,(H,31,32,37)/t20-,23?,25?,29+/m1/s1. The number of hydrogen-bond acceptors (Lipinski definition) is 6. The zero-order chi connectivity index (χ0) is 27.2. The molecular weight excluding hydrogens is 487 g/mol. The second-order valence-electron chi connectivity index (χ2n) is 10.6. The van der Waals surface area contributed by atoms with Crippen molar-refractivity contribution in [2.45, 2.75) is 57.7 Å². The first-order valence-electron chi connectivity index (χ1n) is 12.8. The minimum Gasteiger partial charge on any atom is -0.391 e. The third-order valence-electron chi connectivity index (χ3n) is 7.44. The van der Waals surface area contributed by atoms with E-state index in [1.165, 1.54) is 6.07 Å². The van der Waals surface area contributed by atoms with Crippen LogP contribution in [0.4, 0.5) is 4.39 Å². The number of nitrogens with one attached hydrogen (secondary N) is 1. The Kier molecular flexibility index (Phi) is 6.65. The van der Waals surface area contributed by atoms with E-state index < -0.39 is 29.5 Å². The Morgan fingerprint density at radius 2 is 1.92 bits per heavy atom. The Morgan fingerprint density at radius 3 is 2.55 bits per heavy atom. The highest BCUT2D eigenvalue weighted by molar-refractivity contribution is 6.09. The fourth-order valence-electron chi connectivity index (χ4n) is 5.35. The molecule has 3 heterocycles. The average molecular weight is 519 g/mol. The van der Waals surface area contributed by atoms with E-state index in [4.69, 9.17) is 4.52 Å². The largest absolute Gasteiger partial charge is 0.391 e. The highest BCUT2D eigenvalue weighted by Gasteiger charge is 2.48. The Morgan fingerprint density at radius 1 is 1.21 bits per heavy atom. The number of halogens is 1. The molecule has 3 aromatic rings. The number of aliphatic hydroxyl groups is 1. The van der Waals surface area contributed by atoms with Gasteiger partial charge in [0.05, 0.1) is 17.8 Å². The fourth-order valence-corrected chi connectivity index (χ4v) is 5.35. The summed E-state index contributed by atoms with van der Waals surface area (Å²) >= 11 is 0. The zero-order valence-electron chi connectivity index (χ0n) is 21.8. The molecule has 2 aliphatic rings. The van der Waals surface area contributed by atoms with Crippen LogP contribution in [0.2, 0.25) is 0 Å². The van der Waals surface area contributed by atoms with E-state index in [-0.39, 0.29) is 30.6 Å². The normalized spacial score (nSPS) is 24.0. The Labute approximate surface area is 220 Å². The maximum Gasteiger partial charge on any atom is 0.277 e. The molecule has 2 amide bonds. The van der Waals surface area contributed by atoms with Crippen LogP contribution in [0, 0.1) is 18.7 Å². The molecule has 1 fully saturated rings. The minimum atomic E-state index is -1.16. The lowest BCUT2D eigenvalue weighted by molar-refractivity contribution is -0.134. The number of carbonyl (C=O) groups excluding carboxylic acids is 2. The molecule has 0 bridgehead atoms. The lowest BCUT2D eigenvalue weighted by atomic mass is 9.90. The molecule has 0 spiro atoms. The summed E-state index contributed by atoms with van der Waals surface area (Å²) in [6.07, 6.45) is -0.493. The molecule has 9 heteroatoms. The third-order valence-corrected chi connectivity index (χ3v) is 7.44. The van der Waals surface area contributed by atoms with Crippen LogP contribution in [-0.4, -0.2) is 51.5 Å². The van der Waals surface area contributed by atoms with Crippen molar-refractivity contribution in [2.75, 3.05) is 6.54 Å². The van der Waals surface area contributed by atoms with Gasteiger partial charge in [-0.3, -0.25) is 9.59 Å². The first kappa shape index (κ1) is 25.8. The van der Waals surface area contributed by atoms with Gasteiger partial charge < -0.3 is 19.8 Å². The van der Waals surface area contributed by atoms with E-state index in [1.54, 1.807) is 67.3 Å². The van der Waals surface area contributed by atoms with Crippen LogP contribution in [0.5, 0.6) is 0 Å². The number of aromatic nitrogens is 1. The van der Waals surface area contributed by atoms with Crippen molar-refractivity contribution in [1.29, 1.82) is 0 Å². The van der Waals surface area contributed by atoms with Crippen molar-refractivity contribution >= 4 is 17.6 Å². The molecule has 0 radical (unpaired) electrons. The van der Waals surface area contributed by atoms with Gasteiger partial charge >= 0.3 is 0 Å². The van der Waals surface area contributed by atoms with Gasteiger partial charge in [0.25, 0.3) is 5.91 Å². The van der Waals surface area contributed by atoms with Crippen LogP contribution in [0.1, 0.15) is 50.1 Å². The summed E-state index contributed by atoms with van der Waals surface area (Å²) < 4.78 is 19.7. The summed E-state index contributed by atoms with van der Waals surface area (Å²) in [4.78, 5) is 32.8. The van der Waals surface area contributed by atoms with Gasteiger partial charge in [-0.2, -0.15) is 4.99 Å². The molecule has 2 aromatic carbocycles. The molecule has 1 saturated heterocycles. The zero-order valence-corrected chi connectivity index (χ0v) is 21.8. The lowest BCUT2D eigenvalue weighted by Gasteiger charge is -2.31. The van der Waals surface area contributed by atoms with Crippen LogP contribution in [-0.2, 0) is 15.1 Å². The predicted octanol–water partition coefficient (Wildman–Crippen LogP) is 3.93. The van der Waals surface area contributed by atoms with E-state index in [2.05, 4.69) is 15.5 Å². The van der Waals surface area contributed by atoms with E-state index in [1.807, 2.05) is 13.8 Å². The maximum absolute atomic E-state index is 14.2. The number of aliphatic hydroxyl groups excluding tert-OH is 1. The number of amidine groups is 1. The van der Waals surface area contributed by atoms with Crippen molar-refractivity contribution < 1.29 is 23.6 Å². The number of likely N-dealkylation sites (tertiary alicyclic amines) is 1. The lowest BCUT2D eigenvalue weighted by Crippen LogP contribution is -2.51. The number of rotatable bonds is 6. The number of β-amino-alcohol motifs (C(OH)–C–C–N with tert-alkyl or cyclic N) is 1. The van der Waals surface area contributed by atoms with Gasteiger partial charge in [-0.1, -0.05) is 61.5 Å². The first-order chi connectivity index (χ1) is 18.1. The van der Waals surface area contributed by atoms with Crippen LogP contribution in [0.15, 0.2) is 64.1 Å². The molecule has 0 saturated carbocycles. The van der Waals surface area contributed by atoms with Gasteiger partial charge in [0, 0.05) is 24.6 Å². The minimum absolute atomic E-state index is 0.0772. The third kappa shape index (κ3) is 4.51. The topological polar surface area (TPSA) is 108 Å². The number of hydrogen-bond donors (Lipinski definition) is 2. The van der Waals surface area contributed by atoms with Crippen LogP contribution >= 0.6 is 0 Å². The smallest absolute Gasteiger partial charge is 0.277 e. The highest BCUT2D eigenvalue weighted by Crippen LogP contribution is 2.35. The molecule has 5 rings (SSSR count). The van der Waals surface area contributed by atoms with Crippen LogP contribution < -0.4 is 5.32 Å². The van der Waals surface area contributed by atoms with Crippen LogP contribution in [0.3, 0.4) is 0 Å². The average Bonchev–Trinajstić information content (AvgIpc) is 3.57. The van der Waals surface area contributed by atoms with Gasteiger partial charge in [0.1, 0.15) is 28.9 Å². The second-order valence-corrected chi connectivity index (χ2v) is 10.6. The molecule has 38 heavy (non-hydrogen) atoms. The van der Waals surface area contributed by atoms with Crippen molar-refractivity contribution in [3.05, 3.63) is 77.4 Å². The molecule has 2 unspecified atom stereocenters. The predicted molar refractivity (Wildman–Crippen MR) is 140 cm³/mol. The molecule has 198 valence electrons. The van der Waals surface area contributed by atoms with Crippen molar-refractivity contribution in [1.82, 2.24) is 15.4 Å². The molecule has 0 aliphatic carbocycles. The number of nitrogens with zero attached hydrogens (tertiary/aromatic N) is 3. The summed E-state index contributed by atoms with van der Waals surface area (Å²) in [5.74, 6) is -0.775. The van der Waals surface area contributed by atoms with E-state index >= 15 is 0 Å². The molecule has 2 aliphatic heterocycles. The molecule has 8 nitrogen and oxygen atoms in total. The van der Waals surface area contributed by atoms with Crippen molar-refractivity contribution in [3.8, 4) is 11.1 Å². The van der Waals surface area contributed by atoms with Gasteiger partial charge in [-0.15, -0.1) is 0 Å². The summed E-state index contributed by atoms with van der Waals surface area (Å²) in [6, 6.07) is 14.8. The molecule has 4 atom stereocenters. The number of aliphatic imine (C=N–C) groups is 1. The number of benzene rings is 2. The second kappa shape index (κ2) is 9.79. The van der Waals surface area contributed by atoms with Crippen molar-refractivity contribution in [2.24, 2.45) is 10.9 Å². The van der Waals surface area contributed by atoms with Gasteiger partial charge in [-0.25, -0.2) is 4.39 Å². The summed E-state index contributed by atoms with van der Waals surface area (Å²) in [5, 5.41) is 17.7. The fraction of sp³-hybridized carbons (Fsp3) is 0.379. The quantitative estimate of drug-likeness (QED) is 0.512. The van der Waals surface area contributed by atoms with Crippen LogP contribution in [0.25, 0.3) is 11.1 Å². The van der Waals surface area contributed by atoms with Crippen molar-refractivity contribution in [3.63, 3.8) is 0 Å². The molecular formula is C29H31FN4O4. The van der Waals surface area contributed by atoms with E-state index in [0.717, 1.165) is 0 Å². The van der Waals surface area contributed by atoms with Gasteiger partial charge in [0.2, 0.25) is 5.91 Å². The summed E-state index contributed by atoms with van der Waals surface area (Å²) in [5.41, 5.74) is 1.35. The van der Waals surface area contributed by atoms with Gasteiger partial charge in [-0.05, 0) is 37.0 Å². The Balaban J connectivity index is 1.39. The number of aryl methyl sites for hydroxylation is 1. The van der Waals surface area contributed by atoms with E-state index in [0.29, 0.717) is 34.0 Å². The monoisotopic (exact) mass is 518 g/mol. The van der Waals surface area contributed by atoms with Gasteiger partial charge in [0.15, 0.2) is 0 Å². The maximum atomic E-state index is 14.2. The number of carbonyl (C=O) groups is 2. The SMILES string of the molecule is Cc1cc(C(C(=O)N2C[C@H](O)CC2C2=NC(=O)[C@](C)(c3ccc(-c4ccccc4F)cc3)N2)C(C)C)on1. The number of amides is 2.